The second kappa shape index (κ2) is 5.05. The molecule has 0 saturated carbocycles. The topological polar surface area (TPSA) is 78.6 Å². The van der Waals surface area contributed by atoms with Gasteiger partial charge < -0.3 is 9.47 Å². The predicted octanol–water partition coefficient (Wildman–Crippen LogP) is 2.64. The quantitative estimate of drug-likeness (QED) is 0.535. The van der Waals surface area contributed by atoms with Gasteiger partial charge in [-0.1, -0.05) is 13.0 Å². The zero-order valence-corrected chi connectivity index (χ0v) is 12.7. The second-order valence-electron chi connectivity index (χ2n) is 5.59. The van der Waals surface area contributed by atoms with E-state index in [0.29, 0.717) is 29.6 Å². The normalized spacial score (nSPS) is 17.0. The Balaban J connectivity index is 1.73. The molecule has 7 heteroatoms. The Morgan fingerprint density at radius 1 is 1.35 bits per heavy atom. The first-order valence-electron chi connectivity index (χ1n) is 7.30. The third-order valence-corrected chi connectivity index (χ3v) is 3.78. The number of benzene rings is 1. The molecule has 0 saturated heterocycles. The zero-order chi connectivity index (χ0) is 16.0. The fourth-order valence-electron chi connectivity index (χ4n) is 2.69. The molecule has 1 aliphatic heterocycles. The molecule has 0 aliphatic carbocycles. The molecular formula is C16H14N4O3. The van der Waals surface area contributed by atoms with Gasteiger partial charge in [0.2, 0.25) is 5.88 Å². The van der Waals surface area contributed by atoms with Crippen molar-refractivity contribution in [1.29, 1.82) is 0 Å². The summed E-state index contributed by atoms with van der Waals surface area (Å²) in [6.45, 7) is 3.86. The van der Waals surface area contributed by atoms with Crippen LogP contribution in [-0.2, 0) is 4.79 Å². The van der Waals surface area contributed by atoms with Crippen molar-refractivity contribution in [3.63, 3.8) is 0 Å². The first-order chi connectivity index (χ1) is 11.1. The maximum absolute atomic E-state index is 11.6. The van der Waals surface area contributed by atoms with E-state index >= 15 is 0 Å². The van der Waals surface area contributed by atoms with Crippen LogP contribution in [0.3, 0.4) is 0 Å². The van der Waals surface area contributed by atoms with Crippen molar-refractivity contribution in [3.8, 4) is 17.4 Å². The molecule has 1 unspecified atom stereocenters. The molecule has 0 N–H and O–H groups in total. The van der Waals surface area contributed by atoms with E-state index in [2.05, 4.69) is 15.1 Å². The highest BCUT2D eigenvalue weighted by molar-refractivity contribution is 5.76. The van der Waals surface area contributed by atoms with E-state index in [4.69, 9.17) is 9.47 Å². The smallest absolute Gasteiger partial charge is 0.311 e. The summed E-state index contributed by atoms with van der Waals surface area (Å²) < 4.78 is 12.7. The predicted molar refractivity (Wildman–Crippen MR) is 80.7 cm³/mol. The van der Waals surface area contributed by atoms with Crippen LogP contribution in [0.2, 0.25) is 0 Å². The second-order valence-corrected chi connectivity index (χ2v) is 5.59. The van der Waals surface area contributed by atoms with E-state index in [9.17, 15) is 4.79 Å². The van der Waals surface area contributed by atoms with Gasteiger partial charge in [0.25, 0.3) is 5.78 Å². The molecule has 0 amide bonds. The summed E-state index contributed by atoms with van der Waals surface area (Å²) in [7, 11) is 0. The molecule has 0 bridgehead atoms. The fourth-order valence-corrected chi connectivity index (χ4v) is 2.69. The van der Waals surface area contributed by atoms with E-state index in [0.717, 1.165) is 11.3 Å². The lowest BCUT2D eigenvalue weighted by Crippen LogP contribution is -2.18. The van der Waals surface area contributed by atoms with Crippen LogP contribution in [0.4, 0.5) is 0 Å². The number of rotatable bonds is 2. The largest absolute Gasteiger partial charge is 0.439 e. The first-order valence-corrected chi connectivity index (χ1v) is 7.30. The van der Waals surface area contributed by atoms with Crippen LogP contribution in [0.15, 0.2) is 30.6 Å². The monoisotopic (exact) mass is 310 g/mol. The highest BCUT2D eigenvalue weighted by Gasteiger charge is 2.24. The Bertz CT molecular complexity index is 919. The van der Waals surface area contributed by atoms with Gasteiger partial charge in [-0.2, -0.15) is 14.6 Å². The Morgan fingerprint density at radius 3 is 3.09 bits per heavy atom. The summed E-state index contributed by atoms with van der Waals surface area (Å²) in [6, 6.07) is 7.28. The highest BCUT2D eigenvalue weighted by Crippen LogP contribution is 2.37. The van der Waals surface area contributed by atoms with E-state index in [-0.39, 0.29) is 11.9 Å². The van der Waals surface area contributed by atoms with Gasteiger partial charge in [-0.25, -0.2) is 4.98 Å². The summed E-state index contributed by atoms with van der Waals surface area (Å²) in [5.41, 5.74) is 1.78. The molecule has 1 aromatic carbocycles. The number of carbonyl (C=O) groups is 1. The number of fused-ring (bicyclic) bond motifs is 2. The van der Waals surface area contributed by atoms with Crippen molar-refractivity contribution in [2.45, 2.75) is 26.2 Å². The van der Waals surface area contributed by atoms with Gasteiger partial charge >= 0.3 is 5.97 Å². The zero-order valence-electron chi connectivity index (χ0n) is 12.7. The van der Waals surface area contributed by atoms with Crippen molar-refractivity contribution in [2.24, 2.45) is 0 Å². The maximum atomic E-state index is 11.6. The Hall–Kier alpha value is -2.96. The standard InChI is InChI=1S/C16H14N4O3/c1-9-5-15(21)23-13-7-11(3-4-12(9)13)22-14-6-10(2)19-16-17-8-18-20(14)16/h3-4,6-9H,5H2,1-2H3. The number of esters is 1. The van der Waals surface area contributed by atoms with E-state index in [1.807, 2.05) is 26.0 Å². The van der Waals surface area contributed by atoms with Crippen LogP contribution < -0.4 is 9.47 Å². The number of aromatic nitrogens is 4. The van der Waals surface area contributed by atoms with Crippen LogP contribution in [0.1, 0.15) is 30.5 Å². The Labute approximate surface area is 131 Å². The number of aryl methyl sites for hydroxylation is 1. The van der Waals surface area contributed by atoms with Crippen molar-refractivity contribution in [1.82, 2.24) is 19.6 Å². The van der Waals surface area contributed by atoms with Crippen LogP contribution >= 0.6 is 0 Å². The lowest BCUT2D eigenvalue weighted by Gasteiger charge is -2.21. The van der Waals surface area contributed by atoms with E-state index in [1.165, 1.54) is 10.8 Å². The van der Waals surface area contributed by atoms with Crippen LogP contribution in [0.25, 0.3) is 5.78 Å². The minimum atomic E-state index is -0.222. The summed E-state index contributed by atoms with van der Waals surface area (Å²) in [6.07, 6.45) is 1.82. The van der Waals surface area contributed by atoms with Gasteiger partial charge in [0.1, 0.15) is 17.8 Å². The SMILES string of the molecule is Cc1cc(Oc2ccc3c(c2)OC(=O)CC3C)n2ncnc2n1. The molecule has 1 aliphatic rings. The molecule has 2 aromatic heterocycles. The first kappa shape index (κ1) is 13.7. The maximum Gasteiger partial charge on any atom is 0.311 e. The van der Waals surface area contributed by atoms with Gasteiger partial charge in [-0.3, -0.25) is 4.79 Å². The van der Waals surface area contributed by atoms with Crippen LogP contribution in [0.5, 0.6) is 17.4 Å². The fraction of sp³-hybridized carbons (Fsp3) is 0.250. The molecule has 0 spiro atoms. The lowest BCUT2D eigenvalue weighted by molar-refractivity contribution is -0.135. The summed E-state index contributed by atoms with van der Waals surface area (Å²) in [5.74, 6) is 2.00. The van der Waals surface area contributed by atoms with Gasteiger partial charge in [0, 0.05) is 17.8 Å². The van der Waals surface area contributed by atoms with Crippen molar-refractivity contribution >= 4 is 11.7 Å². The average molecular weight is 310 g/mol. The Kier molecular flexibility index (Phi) is 3.00. The van der Waals surface area contributed by atoms with Crippen molar-refractivity contribution < 1.29 is 14.3 Å². The third kappa shape index (κ3) is 2.40. The minimum Gasteiger partial charge on any atom is -0.439 e. The van der Waals surface area contributed by atoms with Crippen molar-refractivity contribution in [2.75, 3.05) is 0 Å². The number of hydrogen-bond donors (Lipinski definition) is 0. The van der Waals surface area contributed by atoms with E-state index in [1.54, 1.807) is 12.1 Å². The van der Waals surface area contributed by atoms with Gasteiger partial charge in [-0.15, -0.1) is 0 Å². The molecule has 3 heterocycles. The molecular weight excluding hydrogens is 296 g/mol. The van der Waals surface area contributed by atoms with Crippen molar-refractivity contribution in [3.05, 3.63) is 41.9 Å². The number of hydrogen-bond acceptors (Lipinski definition) is 6. The molecule has 4 rings (SSSR count). The van der Waals surface area contributed by atoms with Crippen LogP contribution in [0, 0.1) is 6.92 Å². The minimum absolute atomic E-state index is 0.144. The van der Waals surface area contributed by atoms with Gasteiger partial charge in [0.05, 0.1) is 6.42 Å². The lowest BCUT2D eigenvalue weighted by atomic mass is 9.95. The van der Waals surface area contributed by atoms with Crippen LogP contribution in [-0.4, -0.2) is 25.6 Å². The van der Waals surface area contributed by atoms with E-state index < -0.39 is 0 Å². The number of ether oxygens (including phenoxy) is 2. The average Bonchev–Trinajstić information content (AvgIpc) is 2.95. The molecule has 1 atom stereocenters. The summed E-state index contributed by atoms with van der Waals surface area (Å²) in [5, 5.41) is 4.10. The molecule has 116 valence electrons. The third-order valence-electron chi connectivity index (χ3n) is 3.78. The molecule has 0 radical (unpaired) electrons. The molecule has 3 aromatic rings. The summed E-state index contributed by atoms with van der Waals surface area (Å²) >= 11 is 0. The number of nitrogens with zero attached hydrogens (tertiary/aromatic N) is 4. The molecule has 0 fully saturated rings. The van der Waals surface area contributed by atoms with Gasteiger partial charge in [-0.05, 0) is 24.5 Å². The highest BCUT2D eigenvalue weighted by atomic mass is 16.5. The number of carbonyl (C=O) groups excluding carboxylic acids is 1. The van der Waals surface area contributed by atoms with Gasteiger partial charge in [0.15, 0.2) is 0 Å². The molecule has 7 nitrogen and oxygen atoms in total. The Morgan fingerprint density at radius 2 is 2.22 bits per heavy atom. The summed E-state index contributed by atoms with van der Waals surface area (Å²) in [4.78, 5) is 19.9. The molecule has 23 heavy (non-hydrogen) atoms.